The van der Waals surface area contributed by atoms with E-state index >= 15 is 0 Å². The van der Waals surface area contributed by atoms with Crippen molar-refractivity contribution in [3.8, 4) is 0 Å². The first-order valence-electron chi connectivity index (χ1n) is 12.1. The number of allylic oxidation sites excluding steroid dienone is 1. The Morgan fingerprint density at radius 3 is 2.03 bits per heavy atom. The van der Waals surface area contributed by atoms with Crippen molar-refractivity contribution >= 4 is 22.0 Å². The molecule has 1 aliphatic heterocycles. The number of carbonyl (C=O) groups is 1. The van der Waals surface area contributed by atoms with Gasteiger partial charge in [-0.15, -0.1) is 0 Å². The first kappa shape index (κ1) is 22.7. The summed E-state index contributed by atoms with van der Waals surface area (Å²) in [7, 11) is 0.527. The van der Waals surface area contributed by atoms with Gasteiger partial charge in [0.05, 0.1) is 23.7 Å². The predicted octanol–water partition coefficient (Wildman–Crippen LogP) is 5.10. The monoisotopic (exact) mass is 468 g/mol. The van der Waals surface area contributed by atoms with Crippen LogP contribution in [0.3, 0.4) is 0 Å². The number of cyclic esters (lactones) is 1. The van der Waals surface area contributed by atoms with Gasteiger partial charge in [0, 0.05) is 5.57 Å². The summed E-state index contributed by atoms with van der Waals surface area (Å²) in [5.74, 6) is 0.458. The summed E-state index contributed by atoms with van der Waals surface area (Å²) >= 11 is 0. The highest BCUT2D eigenvalue weighted by Crippen LogP contribution is 2.53. The lowest BCUT2D eigenvalue weighted by molar-refractivity contribution is -0.139. The van der Waals surface area contributed by atoms with Gasteiger partial charge in [0.2, 0.25) is 10.5 Å². The second-order valence-corrected chi connectivity index (χ2v) is 10.8. The molecule has 0 radical (unpaired) electrons. The second kappa shape index (κ2) is 8.59. The molecule has 0 N–H and O–H groups in total. The van der Waals surface area contributed by atoms with Gasteiger partial charge in [0.1, 0.15) is 0 Å². The van der Waals surface area contributed by atoms with Crippen molar-refractivity contribution in [2.75, 3.05) is 6.61 Å². The van der Waals surface area contributed by atoms with Crippen LogP contribution < -0.4 is 0 Å². The zero-order chi connectivity index (χ0) is 23.9. The van der Waals surface area contributed by atoms with Gasteiger partial charge >= 0.3 is 5.97 Å². The third-order valence-electron chi connectivity index (χ3n) is 7.37. The molecule has 0 saturated carbocycles. The molecule has 174 valence electrons. The molecule has 1 saturated heterocycles. The molecule has 2 aliphatic rings. The van der Waals surface area contributed by atoms with Gasteiger partial charge in [-0.05, 0) is 46.1 Å². The van der Waals surface area contributed by atoms with Crippen molar-refractivity contribution in [3.05, 3.63) is 112 Å². The number of ether oxygens (including phenoxy) is 1. The van der Waals surface area contributed by atoms with E-state index in [0.717, 1.165) is 23.3 Å². The van der Waals surface area contributed by atoms with Crippen molar-refractivity contribution < 1.29 is 14.0 Å². The van der Waals surface area contributed by atoms with Crippen molar-refractivity contribution in [3.63, 3.8) is 0 Å². The van der Waals surface area contributed by atoms with Gasteiger partial charge in [0.15, 0.2) is 0 Å². The summed E-state index contributed by atoms with van der Waals surface area (Å²) in [6.07, 6.45) is 1.47. The summed E-state index contributed by atoms with van der Waals surface area (Å²) in [6.45, 7) is 7.25. The van der Waals surface area contributed by atoms with Crippen LogP contribution in [0.15, 0.2) is 84.6 Å². The van der Waals surface area contributed by atoms with Crippen molar-refractivity contribution in [2.24, 2.45) is 5.92 Å². The highest BCUT2D eigenvalue weighted by Gasteiger charge is 2.49. The number of fused-ring (bicyclic) bond motifs is 1. The first-order valence-corrected chi connectivity index (χ1v) is 12.9. The van der Waals surface area contributed by atoms with Gasteiger partial charge in [-0.2, -0.15) is 0 Å². The van der Waals surface area contributed by atoms with E-state index in [1.165, 1.54) is 22.3 Å². The Hall–Kier alpha value is -3.11. The van der Waals surface area contributed by atoms with Crippen LogP contribution in [0, 0.1) is 5.92 Å². The summed E-state index contributed by atoms with van der Waals surface area (Å²) in [4.78, 5) is 13.0. The number of rotatable bonds is 4. The molecule has 3 aromatic rings. The average Bonchev–Trinajstić information content (AvgIpc) is 3.28. The minimum Gasteiger partial charge on any atom is -0.555 e. The van der Waals surface area contributed by atoms with Gasteiger partial charge in [-0.3, -0.25) is 4.79 Å². The average molecular weight is 469 g/mol. The Kier molecular flexibility index (Phi) is 5.73. The standard InChI is InChI=1S/C30H32O3Si/c1-29(2,3)25-16-10-15-22-24(25)19-30(20-11-6-4-7-12-20,21-13-8-5-9-14-21)27(33-34)26(22)23-17-18-32-28(23)31/h4-16,23H,17-19H2,1-3,34H3. The van der Waals surface area contributed by atoms with Crippen LogP contribution in [0.1, 0.15) is 55.0 Å². The zero-order valence-corrected chi connectivity index (χ0v) is 22.4. The molecular weight excluding hydrogens is 436 g/mol. The maximum Gasteiger partial charge on any atom is 0.313 e. The lowest BCUT2D eigenvalue weighted by atomic mass is 9.61. The topological polar surface area (TPSA) is 35.5 Å². The van der Waals surface area contributed by atoms with E-state index in [1.807, 2.05) is 0 Å². The molecule has 1 unspecified atom stereocenters. The van der Waals surface area contributed by atoms with Gasteiger partial charge in [-0.1, -0.05) is 99.6 Å². The minimum absolute atomic E-state index is 0.0366. The van der Waals surface area contributed by atoms with Crippen LogP contribution in [0.25, 0.3) is 5.57 Å². The number of hydrogen-bond donors (Lipinski definition) is 0. The number of hydrogen-bond acceptors (Lipinski definition) is 3. The lowest BCUT2D eigenvalue weighted by Crippen LogP contribution is -2.40. The highest BCUT2D eigenvalue weighted by atomic mass is 28.2. The fourth-order valence-corrected chi connectivity index (χ4v) is 6.46. The molecule has 0 aromatic heterocycles. The molecule has 1 aliphatic carbocycles. The molecule has 0 spiro atoms. The van der Waals surface area contributed by atoms with Crippen LogP contribution >= 0.6 is 0 Å². The van der Waals surface area contributed by atoms with E-state index in [4.69, 9.17) is 9.16 Å². The van der Waals surface area contributed by atoms with Gasteiger partial charge in [0.25, 0.3) is 0 Å². The van der Waals surface area contributed by atoms with Crippen LogP contribution in [0.5, 0.6) is 0 Å². The quantitative estimate of drug-likeness (QED) is 0.395. The Labute approximate surface area is 205 Å². The van der Waals surface area contributed by atoms with Crippen LogP contribution in [0.2, 0.25) is 0 Å². The fraction of sp³-hybridized carbons (Fsp3) is 0.300. The molecule has 1 atom stereocenters. The van der Waals surface area contributed by atoms with E-state index in [1.54, 1.807) is 0 Å². The number of carbonyl (C=O) groups excluding carboxylic acids is 1. The highest BCUT2D eigenvalue weighted by molar-refractivity contribution is 6.01. The zero-order valence-electron chi connectivity index (χ0n) is 20.4. The molecule has 1 fully saturated rings. The Morgan fingerprint density at radius 2 is 1.53 bits per heavy atom. The molecule has 1 heterocycles. The van der Waals surface area contributed by atoms with E-state index < -0.39 is 5.41 Å². The summed E-state index contributed by atoms with van der Waals surface area (Å²) in [6, 6.07) is 27.8. The van der Waals surface area contributed by atoms with Gasteiger partial charge in [-0.25, -0.2) is 0 Å². The van der Waals surface area contributed by atoms with Crippen molar-refractivity contribution in [1.82, 2.24) is 0 Å². The van der Waals surface area contributed by atoms with Crippen molar-refractivity contribution in [2.45, 2.75) is 44.4 Å². The second-order valence-electron chi connectivity index (χ2n) is 10.4. The molecule has 4 heteroatoms. The van der Waals surface area contributed by atoms with Crippen molar-refractivity contribution in [1.29, 1.82) is 0 Å². The maximum atomic E-state index is 13.0. The molecule has 0 bridgehead atoms. The first-order chi connectivity index (χ1) is 16.4. The molecule has 3 nitrogen and oxygen atoms in total. The van der Waals surface area contributed by atoms with E-state index in [9.17, 15) is 4.79 Å². The number of benzene rings is 3. The molecule has 3 aromatic carbocycles. The van der Waals surface area contributed by atoms with Crippen LogP contribution in [0.4, 0.5) is 0 Å². The number of esters is 1. The third-order valence-corrected chi connectivity index (χ3v) is 7.78. The van der Waals surface area contributed by atoms with Crippen LogP contribution in [-0.4, -0.2) is 23.1 Å². The Balaban J connectivity index is 1.93. The fourth-order valence-electron chi connectivity index (χ4n) is 5.90. The van der Waals surface area contributed by atoms with E-state index in [0.29, 0.717) is 23.5 Å². The summed E-state index contributed by atoms with van der Waals surface area (Å²) in [5, 5.41) is 0. The molecule has 34 heavy (non-hydrogen) atoms. The smallest absolute Gasteiger partial charge is 0.313 e. The van der Waals surface area contributed by atoms with Crippen LogP contribution in [-0.2, 0) is 31.2 Å². The molecular formula is C30H32O3Si. The molecule has 5 rings (SSSR count). The predicted molar refractivity (Wildman–Crippen MR) is 140 cm³/mol. The normalized spacial score (nSPS) is 19.6. The maximum absolute atomic E-state index is 13.0. The third kappa shape index (κ3) is 3.52. The summed E-state index contributed by atoms with van der Waals surface area (Å²) < 4.78 is 12.0. The summed E-state index contributed by atoms with van der Waals surface area (Å²) in [5.41, 5.74) is 6.59. The largest absolute Gasteiger partial charge is 0.555 e. The van der Waals surface area contributed by atoms with E-state index in [2.05, 4.69) is 99.6 Å². The SMILES string of the molecule is CC(C)(C)c1cccc2c1CC(c1ccccc1)(c1ccccc1)C(O[SiH3])=C2C1CCOC1=O. The van der Waals surface area contributed by atoms with E-state index in [-0.39, 0.29) is 17.3 Å². The Bertz CT molecular complexity index is 1200. The lowest BCUT2D eigenvalue weighted by Gasteiger charge is -2.44. The minimum atomic E-state index is -0.517. The van der Waals surface area contributed by atoms with Gasteiger partial charge < -0.3 is 9.16 Å². The Morgan fingerprint density at radius 1 is 0.912 bits per heavy atom. The molecule has 0 amide bonds.